The highest BCUT2D eigenvalue weighted by Crippen LogP contribution is 2.29. The van der Waals surface area contributed by atoms with Crippen LogP contribution in [0.5, 0.6) is 0 Å². The molecule has 112 valence electrons. The Hall–Kier alpha value is -1.67. The maximum absolute atomic E-state index is 12.3. The van der Waals surface area contributed by atoms with E-state index in [1.807, 2.05) is 0 Å². The van der Waals surface area contributed by atoms with Crippen LogP contribution in [0.3, 0.4) is 0 Å². The molecule has 1 atom stereocenters. The van der Waals surface area contributed by atoms with Gasteiger partial charge in [-0.15, -0.1) is 0 Å². The summed E-state index contributed by atoms with van der Waals surface area (Å²) in [4.78, 5) is 15.6. The van der Waals surface area contributed by atoms with Crippen molar-refractivity contribution in [3.8, 4) is 0 Å². The first-order valence-corrected chi connectivity index (χ1v) is 6.71. The van der Waals surface area contributed by atoms with Gasteiger partial charge in [-0.2, -0.15) is 13.2 Å². The molecule has 0 spiro atoms. The van der Waals surface area contributed by atoms with Gasteiger partial charge >= 0.3 is 6.18 Å². The number of alkyl halides is 3. The molecule has 0 aliphatic heterocycles. The number of hydrogen-bond acceptors (Lipinski definition) is 3. The molecule has 0 saturated carbocycles. The fraction of sp³-hybridized carbons (Fsp3) is 0.231. The Morgan fingerprint density at radius 3 is 2.71 bits per heavy atom. The molecule has 0 aliphatic carbocycles. The van der Waals surface area contributed by atoms with Crippen molar-refractivity contribution in [2.45, 2.75) is 12.2 Å². The van der Waals surface area contributed by atoms with Crippen molar-refractivity contribution in [2.24, 2.45) is 5.73 Å². The molecule has 8 heteroatoms. The molecule has 1 aromatic carbocycles. The summed E-state index contributed by atoms with van der Waals surface area (Å²) >= 11 is 3.33. The van der Waals surface area contributed by atoms with Gasteiger partial charge in [-0.05, 0) is 12.1 Å². The van der Waals surface area contributed by atoms with Crippen LogP contribution in [0.1, 0.15) is 11.6 Å². The lowest BCUT2D eigenvalue weighted by Gasteiger charge is -2.18. The zero-order valence-corrected chi connectivity index (χ0v) is 12.2. The number of hydrogen-bond donors (Lipinski definition) is 2. The van der Waals surface area contributed by atoms with Gasteiger partial charge in [0.1, 0.15) is 6.04 Å². The quantitative estimate of drug-likeness (QED) is 0.879. The SMILES string of the molecule is NC(=O)C(NCC(F)(F)F)c1ccc(Br)c2cccnc12. The van der Waals surface area contributed by atoms with Crippen molar-refractivity contribution in [3.05, 3.63) is 40.5 Å². The van der Waals surface area contributed by atoms with Crippen LogP contribution < -0.4 is 11.1 Å². The number of halogens is 4. The summed E-state index contributed by atoms with van der Waals surface area (Å²) < 4.78 is 37.7. The van der Waals surface area contributed by atoms with E-state index < -0.39 is 24.7 Å². The second-order valence-electron chi connectivity index (χ2n) is 4.37. The highest BCUT2D eigenvalue weighted by Gasteiger charge is 2.30. The number of benzene rings is 1. The number of carbonyl (C=O) groups is 1. The van der Waals surface area contributed by atoms with Crippen molar-refractivity contribution in [1.29, 1.82) is 0 Å². The number of fused-ring (bicyclic) bond motifs is 1. The fourth-order valence-corrected chi connectivity index (χ4v) is 2.43. The van der Waals surface area contributed by atoms with E-state index in [0.717, 1.165) is 4.47 Å². The molecule has 1 heterocycles. The minimum Gasteiger partial charge on any atom is -0.368 e. The number of nitrogens with zero attached hydrogens (tertiary/aromatic N) is 1. The Morgan fingerprint density at radius 1 is 1.38 bits per heavy atom. The molecule has 2 rings (SSSR count). The molecular formula is C13H11BrF3N3O. The van der Waals surface area contributed by atoms with E-state index in [-0.39, 0.29) is 0 Å². The summed E-state index contributed by atoms with van der Waals surface area (Å²) in [6.07, 6.45) is -2.94. The average molecular weight is 362 g/mol. The zero-order valence-electron chi connectivity index (χ0n) is 10.6. The number of nitrogens with one attached hydrogen (secondary N) is 1. The molecule has 0 fully saturated rings. The third-order valence-corrected chi connectivity index (χ3v) is 3.54. The number of nitrogens with two attached hydrogens (primary N) is 1. The van der Waals surface area contributed by atoms with Gasteiger partial charge in [0.05, 0.1) is 12.1 Å². The van der Waals surface area contributed by atoms with Gasteiger partial charge in [0.25, 0.3) is 0 Å². The molecule has 1 aromatic heterocycles. The maximum atomic E-state index is 12.3. The van der Waals surface area contributed by atoms with E-state index in [1.54, 1.807) is 18.2 Å². The Bertz CT molecular complexity index is 675. The van der Waals surface area contributed by atoms with Crippen LogP contribution >= 0.6 is 15.9 Å². The molecule has 1 amide bonds. The third-order valence-electron chi connectivity index (χ3n) is 2.85. The van der Waals surface area contributed by atoms with Crippen LogP contribution in [-0.4, -0.2) is 23.6 Å². The van der Waals surface area contributed by atoms with Crippen molar-refractivity contribution < 1.29 is 18.0 Å². The van der Waals surface area contributed by atoms with Crippen LogP contribution in [0, 0.1) is 0 Å². The molecular weight excluding hydrogens is 351 g/mol. The molecule has 0 aliphatic rings. The van der Waals surface area contributed by atoms with Gasteiger partial charge in [-0.1, -0.05) is 28.1 Å². The van der Waals surface area contributed by atoms with Crippen molar-refractivity contribution in [3.63, 3.8) is 0 Å². The van der Waals surface area contributed by atoms with Crippen LogP contribution in [0.2, 0.25) is 0 Å². The first-order chi connectivity index (χ1) is 9.79. The minimum atomic E-state index is -4.44. The highest BCUT2D eigenvalue weighted by molar-refractivity contribution is 9.10. The number of amides is 1. The first-order valence-electron chi connectivity index (χ1n) is 5.92. The van der Waals surface area contributed by atoms with Crippen LogP contribution in [-0.2, 0) is 4.79 Å². The van der Waals surface area contributed by atoms with Crippen molar-refractivity contribution in [1.82, 2.24) is 10.3 Å². The van der Waals surface area contributed by atoms with Gasteiger partial charge in [0.15, 0.2) is 0 Å². The van der Waals surface area contributed by atoms with Gasteiger partial charge in [-0.25, -0.2) is 0 Å². The normalized spacial score (nSPS) is 13.3. The number of rotatable bonds is 4. The second kappa shape index (κ2) is 5.98. The van der Waals surface area contributed by atoms with E-state index in [4.69, 9.17) is 5.73 Å². The lowest BCUT2D eigenvalue weighted by atomic mass is 10.0. The molecule has 1 unspecified atom stereocenters. The second-order valence-corrected chi connectivity index (χ2v) is 5.22. The third kappa shape index (κ3) is 3.70. The van der Waals surface area contributed by atoms with Gasteiger partial charge < -0.3 is 5.73 Å². The van der Waals surface area contributed by atoms with Gasteiger partial charge in [0, 0.05) is 21.6 Å². The number of carbonyl (C=O) groups excluding carboxylic acids is 1. The van der Waals surface area contributed by atoms with Crippen LogP contribution in [0.4, 0.5) is 13.2 Å². The Morgan fingerprint density at radius 2 is 2.10 bits per heavy atom. The summed E-state index contributed by atoms with van der Waals surface area (Å²) in [6.45, 7) is -1.31. The van der Waals surface area contributed by atoms with E-state index in [2.05, 4.69) is 26.2 Å². The predicted octanol–water partition coefficient (Wildman–Crippen LogP) is 2.68. The Balaban J connectivity index is 2.46. The van der Waals surface area contributed by atoms with E-state index in [0.29, 0.717) is 16.5 Å². The molecule has 3 N–H and O–H groups in total. The summed E-state index contributed by atoms with van der Waals surface area (Å²) in [5, 5.41) is 2.82. The standard InChI is InChI=1S/C13H11BrF3N3O/c14-9-4-3-8(10-7(9)2-1-5-19-10)11(12(18)21)20-6-13(15,16)17/h1-5,11,20H,6H2,(H2,18,21). The highest BCUT2D eigenvalue weighted by atomic mass is 79.9. The lowest BCUT2D eigenvalue weighted by molar-refractivity contribution is -0.130. The molecule has 2 aromatic rings. The lowest BCUT2D eigenvalue weighted by Crippen LogP contribution is -2.39. The van der Waals surface area contributed by atoms with E-state index >= 15 is 0 Å². The minimum absolute atomic E-state index is 0.311. The number of aromatic nitrogens is 1. The summed E-state index contributed by atoms with van der Waals surface area (Å²) in [5.41, 5.74) is 5.95. The summed E-state index contributed by atoms with van der Waals surface area (Å²) in [5.74, 6) is -0.895. The average Bonchev–Trinajstić information content (AvgIpc) is 2.40. The molecule has 4 nitrogen and oxygen atoms in total. The largest absolute Gasteiger partial charge is 0.401 e. The van der Waals surface area contributed by atoms with Crippen molar-refractivity contribution >= 4 is 32.7 Å². The summed E-state index contributed by atoms with van der Waals surface area (Å²) in [6, 6.07) is 5.34. The van der Waals surface area contributed by atoms with Crippen molar-refractivity contribution in [2.75, 3.05) is 6.54 Å². The maximum Gasteiger partial charge on any atom is 0.401 e. The number of pyridine rings is 1. The van der Waals surface area contributed by atoms with Gasteiger partial charge in [0.2, 0.25) is 5.91 Å². The Labute approximate surface area is 126 Å². The van der Waals surface area contributed by atoms with E-state index in [9.17, 15) is 18.0 Å². The van der Waals surface area contributed by atoms with Crippen LogP contribution in [0.25, 0.3) is 10.9 Å². The topological polar surface area (TPSA) is 68.0 Å². The molecule has 0 radical (unpaired) electrons. The van der Waals surface area contributed by atoms with Gasteiger partial charge in [-0.3, -0.25) is 15.1 Å². The van der Waals surface area contributed by atoms with Crippen LogP contribution in [0.15, 0.2) is 34.9 Å². The summed E-state index contributed by atoms with van der Waals surface area (Å²) in [7, 11) is 0. The zero-order chi connectivity index (χ0) is 15.6. The molecule has 0 bridgehead atoms. The predicted molar refractivity (Wildman–Crippen MR) is 75.4 cm³/mol. The number of primary amides is 1. The van der Waals surface area contributed by atoms with E-state index in [1.165, 1.54) is 12.3 Å². The fourth-order valence-electron chi connectivity index (χ4n) is 1.97. The molecule has 0 saturated heterocycles. The monoisotopic (exact) mass is 361 g/mol. The Kier molecular flexibility index (Phi) is 4.48. The smallest absolute Gasteiger partial charge is 0.368 e. The first kappa shape index (κ1) is 15.7. The molecule has 21 heavy (non-hydrogen) atoms.